The Morgan fingerprint density at radius 2 is 1.87 bits per heavy atom. The van der Waals surface area contributed by atoms with Gasteiger partial charge in [0.2, 0.25) is 0 Å². The van der Waals surface area contributed by atoms with E-state index < -0.39 is 0 Å². The average Bonchev–Trinajstić information content (AvgIpc) is 2.60. The molecule has 8 heteroatoms. The van der Waals surface area contributed by atoms with E-state index in [-0.39, 0.29) is 72.8 Å². The van der Waals surface area contributed by atoms with E-state index in [1.165, 1.54) is 7.05 Å². The normalized spacial score (nSPS) is 4.80. The van der Waals surface area contributed by atoms with E-state index in [1.54, 1.807) is 17.1 Å². The summed E-state index contributed by atoms with van der Waals surface area (Å²) >= 11 is 0. The molecule has 0 aliphatic heterocycles. The van der Waals surface area contributed by atoms with Gasteiger partial charge in [0.25, 0.3) is 0 Å². The van der Waals surface area contributed by atoms with Crippen LogP contribution in [0.1, 0.15) is 0 Å². The van der Waals surface area contributed by atoms with Crippen molar-refractivity contribution in [3.05, 3.63) is 36.7 Å². The number of terminal acetylenes is 1. The van der Waals surface area contributed by atoms with Crippen molar-refractivity contribution >= 4 is 0 Å². The average molecular weight is 358 g/mol. The minimum absolute atomic E-state index is 0. The summed E-state index contributed by atoms with van der Waals surface area (Å²) in [7, 11) is 3.22. The van der Waals surface area contributed by atoms with Crippen LogP contribution in [0.15, 0.2) is 17.5 Å². The summed E-state index contributed by atoms with van der Waals surface area (Å²) in [4.78, 5) is 2.36. The van der Waals surface area contributed by atoms with Crippen LogP contribution in [-0.4, -0.2) is 22.0 Å². The summed E-state index contributed by atoms with van der Waals surface area (Å²) in [5.74, 6) is 0. The molecule has 78 valence electrons. The molecule has 6 nitrogen and oxygen atoms in total. The van der Waals surface area contributed by atoms with Crippen LogP contribution in [0, 0.1) is 20.3 Å². The Kier molecular flexibility index (Phi) is 57.4. The fraction of sp³-hybridized carbons (Fsp3) is 0.286. The molecule has 0 amide bonds. The van der Waals surface area contributed by atoms with Gasteiger partial charge in [-0.1, -0.05) is 10.3 Å². The Balaban J connectivity index is -0.0000000339. The van der Waals surface area contributed by atoms with Crippen molar-refractivity contribution in [2.24, 2.45) is 12.2 Å². The Bertz CT molecular complexity index is 239. The molecule has 0 N–H and O–H groups in total. The molecular weight excluding hydrogens is 346 g/mol. The zero-order valence-electron chi connectivity index (χ0n) is 9.07. The first-order valence-electron chi connectivity index (χ1n) is 2.83. The molecule has 0 aliphatic carbocycles. The van der Waals surface area contributed by atoms with Crippen LogP contribution >= 0.6 is 0 Å². The van der Waals surface area contributed by atoms with E-state index in [0.29, 0.717) is 0 Å². The molecule has 0 bridgehead atoms. The van der Waals surface area contributed by atoms with Gasteiger partial charge in [-0.2, -0.15) is 0 Å². The first-order valence-corrected chi connectivity index (χ1v) is 2.83. The van der Waals surface area contributed by atoms with E-state index in [2.05, 4.69) is 26.8 Å². The molecule has 0 atom stereocenters. The largest absolute Gasteiger partial charge is 0.697 e. The van der Waals surface area contributed by atoms with E-state index in [4.69, 9.17) is 12.0 Å². The smallest absolute Gasteiger partial charge is 0.0692 e. The Morgan fingerprint density at radius 1 is 1.47 bits per heavy atom. The standard InChI is InChI=1S/C3H5N3.C2H.CH3N3.CH3.2Y/c1-6-3-2-4-5-6;1-2;1-3-4-2;;;/h2-3H,1H3;1H;1H3;1H3;;/q;-1;;-1;;. The molecule has 0 aromatic carbocycles. The molecule has 1 aromatic rings. The van der Waals surface area contributed by atoms with Crippen molar-refractivity contribution < 1.29 is 65.4 Å². The molecule has 0 spiro atoms. The van der Waals surface area contributed by atoms with E-state index in [9.17, 15) is 0 Å². The number of aryl methyl sites for hydroxylation is 1. The molecule has 2 radical (unpaired) electrons. The molecule has 0 fully saturated rings. The number of azide groups is 1. The minimum Gasteiger partial charge on any atom is -0.697 e. The van der Waals surface area contributed by atoms with Crippen LogP contribution in [0.25, 0.3) is 10.4 Å². The van der Waals surface area contributed by atoms with Crippen molar-refractivity contribution in [2.45, 2.75) is 0 Å². The maximum Gasteiger partial charge on any atom is 0.0692 e. The number of aromatic nitrogens is 3. The fourth-order valence-corrected chi connectivity index (χ4v) is 0.267. The first kappa shape index (κ1) is 29.5. The minimum atomic E-state index is 0. The van der Waals surface area contributed by atoms with E-state index in [0.717, 1.165) is 0 Å². The predicted octanol–water partition coefficient (Wildman–Crippen LogP) is 1.39. The van der Waals surface area contributed by atoms with Crippen LogP contribution in [0.4, 0.5) is 0 Å². The van der Waals surface area contributed by atoms with Crippen LogP contribution < -0.4 is 0 Å². The van der Waals surface area contributed by atoms with Gasteiger partial charge in [-0.05, 0) is 5.53 Å². The molecule has 0 aliphatic rings. The summed E-state index contributed by atoms with van der Waals surface area (Å²) in [6.07, 6.45) is 12.4. The summed E-state index contributed by atoms with van der Waals surface area (Å²) in [5, 5.41) is 10.0. The van der Waals surface area contributed by atoms with Crippen LogP contribution in [0.2, 0.25) is 0 Å². The molecule has 1 heterocycles. The number of hydrogen-bond donors (Lipinski definition) is 0. The molecule has 1 rings (SSSR count). The molecule has 0 unspecified atom stereocenters. The second-order valence-corrected chi connectivity index (χ2v) is 1.37. The SMILES string of the molecule is CN=[N+]=[N-].Cn1ccnn1.[C-]#C.[CH3-].[Y].[Y]. The maximum absolute atomic E-state index is 7.33. The summed E-state index contributed by atoms with van der Waals surface area (Å²) in [6, 6.07) is 0. The summed E-state index contributed by atoms with van der Waals surface area (Å²) < 4.78 is 1.64. The zero-order chi connectivity index (χ0) is 9.82. The third-order valence-electron chi connectivity index (χ3n) is 0.631. The molecule has 0 saturated heterocycles. The maximum atomic E-state index is 7.33. The fourth-order valence-electron chi connectivity index (χ4n) is 0.267. The monoisotopic (exact) mass is 358 g/mol. The third-order valence-corrected chi connectivity index (χ3v) is 0.631. The second-order valence-electron chi connectivity index (χ2n) is 1.37. The molecule has 0 saturated carbocycles. The van der Waals surface area contributed by atoms with Crippen molar-refractivity contribution in [1.29, 1.82) is 0 Å². The van der Waals surface area contributed by atoms with Gasteiger partial charge in [-0.3, -0.25) is 4.68 Å². The second kappa shape index (κ2) is 29.2. The van der Waals surface area contributed by atoms with Crippen LogP contribution in [-0.2, 0) is 72.5 Å². The van der Waals surface area contributed by atoms with Crippen LogP contribution in [0.5, 0.6) is 0 Å². The Labute approximate surface area is 141 Å². The van der Waals surface area contributed by atoms with Crippen molar-refractivity contribution in [1.82, 2.24) is 15.0 Å². The first-order chi connectivity index (χ1) is 5.81. The van der Waals surface area contributed by atoms with Gasteiger partial charge < -0.3 is 20.3 Å². The van der Waals surface area contributed by atoms with Gasteiger partial charge in [0.15, 0.2) is 0 Å². The van der Waals surface area contributed by atoms with Gasteiger partial charge >= 0.3 is 0 Å². The van der Waals surface area contributed by atoms with E-state index in [1.807, 2.05) is 7.05 Å². The van der Waals surface area contributed by atoms with Gasteiger partial charge in [-0.15, -0.1) is 5.10 Å². The van der Waals surface area contributed by atoms with Gasteiger partial charge in [-0.25, -0.2) is 0 Å². The number of rotatable bonds is 0. The summed E-state index contributed by atoms with van der Waals surface area (Å²) in [5.41, 5.74) is 7.33. The third kappa shape index (κ3) is 31.4. The van der Waals surface area contributed by atoms with Crippen LogP contribution in [0.3, 0.4) is 0 Å². The van der Waals surface area contributed by atoms with Crippen molar-refractivity contribution in [2.75, 3.05) is 7.05 Å². The molecule has 1 aromatic heterocycles. The number of nitrogens with zero attached hydrogens (tertiary/aromatic N) is 6. The molecule has 15 heavy (non-hydrogen) atoms. The Morgan fingerprint density at radius 3 is 1.93 bits per heavy atom. The Hall–Kier alpha value is 0.218. The summed E-state index contributed by atoms with van der Waals surface area (Å²) in [6.45, 7) is 0. The van der Waals surface area contributed by atoms with Gasteiger partial charge in [0.1, 0.15) is 0 Å². The van der Waals surface area contributed by atoms with Gasteiger partial charge in [0.05, 0.1) is 6.20 Å². The quantitative estimate of drug-likeness (QED) is 0.231. The van der Waals surface area contributed by atoms with Crippen molar-refractivity contribution in [3.8, 4) is 6.42 Å². The van der Waals surface area contributed by atoms with E-state index >= 15 is 0 Å². The van der Waals surface area contributed by atoms with Gasteiger partial charge in [0, 0.05) is 90.6 Å². The van der Waals surface area contributed by atoms with Crippen molar-refractivity contribution in [3.63, 3.8) is 0 Å². The predicted molar refractivity (Wildman–Crippen MR) is 50.7 cm³/mol. The number of hydrogen-bond acceptors (Lipinski definition) is 3. The topological polar surface area (TPSA) is 79.5 Å². The zero-order valence-corrected chi connectivity index (χ0v) is 14.7. The molecular formula is C7H12N6Y2-2.